The van der Waals surface area contributed by atoms with E-state index in [1.165, 1.54) is 5.56 Å². The van der Waals surface area contributed by atoms with Gasteiger partial charge < -0.3 is 9.80 Å². The molecule has 3 unspecified atom stereocenters. The fraction of sp³-hybridized carbons (Fsp3) is 0.167. The molecule has 3 aromatic rings. The topological polar surface area (TPSA) is 6.48 Å². The van der Waals surface area contributed by atoms with E-state index in [-0.39, 0.29) is 17.9 Å². The number of nitrogens with zero attached hydrogens (tertiary/aromatic N) is 2. The van der Waals surface area contributed by atoms with Gasteiger partial charge in [0.05, 0.1) is 6.04 Å². The van der Waals surface area contributed by atoms with E-state index in [0.29, 0.717) is 0 Å². The van der Waals surface area contributed by atoms with Crippen LogP contribution in [-0.4, -0.2) is 6.04 Å². The average Bonchev–Trinajstić information content (AvgIpc) is 3.16. The minimum Gasteiger partial charge on any atom is -0.335 e. The number of rotatable bonds is 21. The molecule has 0 amide bonds. The molecule has 0 radical (unpaired) electrons. The second kappa shape index (κ2) is 21.4. The lowest BCUT2D eigenvalue weighted by Gasteiger charge is -2.32. The summed E-state index contributed by atoms with van der Waals surface area (Å²) in [6, 6.07) is 28.0. The third-order valence-electron chi connectivity index (χ3n) is 8.56. The van der Waals surface area contributed by atoms with Crippen LogP contribution in [0.2, 0.25) is 0 Å². The third kappa shape index (κ3) is 11.0. The zero-order valence-corrected chi connectivity index (χ0v) is 30.1. The molecule has 0 heterocycles. The van der Waals surface area contributed by atoms with Gasteiger partial charge in [-0.1, -0.05) is 122 Å². The molecule has 3 atom stereocenters. The maximum atomic E-state index is 4.16. The highest BCUT2D eigenvalue weighted by Crippen LogP contribution is 2.31. The van der Waals surface area contributed by atoms with Gasteiger partial charge in [-0.3, -0.25) is 0 Å². The predicted octanol–water partition coefficient (Wildman–Crippen LogP) is 13.5. The van der Waals surface area contributed by atoms with Crippen LogP contribution >= 0.6 is 0 Å². The van der Waals surface area contributed by atoms with E-state index in [4.69, 9.17) is 0 Å². The van der Waals surface area contributed by atoms with Crippen LogP contribution in [0.3, 0.4) is 0 Å². The Bertz CT molecular complexity index is 1690. The second-order valence-electron chi connectivity index (χ2n) is 11.9. The fourth-order valence-electron chi connectivity index (χ4n) is 5.82. The van der Waals surface area contributed by atoms with Gasteiger partial charge in [0.25, 0.3) is 0 Å². The monoisotopic (exact) mass is 658 g/mol. The summed E-state index contributed by atoms with van der Waals surface area (Å²) in [5.41, 5.74) is 7.76. The second-order valence-corrected chi connectivity index (χ2v) is 11.9. The number of benzene rings is 3. The van der Waals surface area contributed by atoms with Crippen molar-refractivity contribution in [1.29, 1.82) is 0 Å². The SMILES string of the molecule is C=CCC(C=C)C=CC=C(C=C)N(C=CCC(C=C)c1ccccc1)c1ccc(-c2ccc(N(C(C=CC)=CC)C(C=C)CC=C)cc2)cc1. The Morgan fingerprint density at radius 3 is 1.84 bits per heavy atom. The zero-order chi connectivity index (χ0) is 36.1. The molecular weight excluding hydrogens is 605 g/mol. The van der Waals surface area contributed by atoms with Gasteiger partial charge in [-0.15, -0.1) is 32.9 Å². The summed E-state index contributed by atoms with van der Waals surface area (Å²) in [5.74, 6) is 0.451. The van der Waals surface area contributed by atoms with Crippen molar-refractivity contribution in [3.8, 4) is 11.1 Å². The van der Waals surface area contributed by atoms with Gasteiger partial charge in [-0.2, -0.15) is 0 Å². The molecular formula is C48H54N2. The Balaban J connectivity index is 1.97. The summed E-state index contributed by atoms with van der Waals surface area (Å²) in [7, 11) is 0. The van der Waals surface area contributed by atoms with E-state index >= 15 is 0 Å². The molecule has 0 saturated heterocycles. The first-order valence-corrected chi connectivity index (χ1v) is 17.4. The summed E-state index contributed by atoms with van der Waals surface area (Å²) in [6.45, 7) is 28.3. The molecule has 3 aromatic carbocycles. The highest BCUT2D eigenvalue weighted by atomic mass is 15.2. The highest BCUT2D eigenvalue weighted by Gasteiger charge is 2.18. The number of allylic oxidation sites excluding steroid dienone is 11. The van der Waals surface area contributed by atoms with E-state index in [1.807, 2.05) is 49.4 Å². The molecule has 0 aromatic heterocycles. The standard InChI is InChI=1S/C48H54N2/c1-9-22-39(12-4)25-20-29-44(14-6)49(38-21-28-40(13-5)41-26-18-17-19-27-41)47-34-30-42(31-35-47)43-32-36-48(37-33-43)50(45(15-7)23-10-2)46(16-8)24-11-3/h9-21,24-27,29-40,45H,1-2,4-7,22-23,28H2,3,8H3. The fourth-order valence-corrected chi connectivity index (χ4v) is 5.82. The smallest absolute Gasteiger partial charge is 0.0553 e. The van der Waals surface area contributed by atoms with Crippen molar-refractivity contribution < 1.29 is 0 Å². The largest absolute Gasteiger partial charge is 0.335 e. The van der Waals surface area contributed by atoms with Crippen molar-refractivity contribution >= 4 is 11.4 Å². The van der Waals surface area contributed by atoms with Crippen LogP contribution in [0, 0.1) is 5.92 Å². The zero-order valence-electron chi connectivity index (χ0n) is 30.1. The molecule has 0 N–H and O–H groups in total. The summed E-state index contributed by atoms with van der Waals surface area (Å²) in [5, 5.41) is 0. The minimum atomic E-state index is 0.0973. The van der Waals surface area contributed by atoms with Crippen LogP contribution in [-0.2, 0) is 0 Å². The number of anilines is 2. The van der Waals surface area contributed by atoms with E-state index in [2.05, 4.69) is 178 Å². The first-order chi connectivity index (χ1) is 24.5. The number of hydrogen-bond acceptors (Lipinski definition) is 2. The highest BCUT2D eigenvalue weighted by molar-refractivity contribution is 5.71. The van der Waals surface area contributed by atoms with E-state index in [1.54, 1.807) is 0 Å². The van der Waals surface area contributed by atoms with E-state index < -0.39 is 0 Å². The van der Waals surface area contributed by atoms with E-state index in [9.17, 15) is 0 Å². The number of hydrogen-bond donors (Lipinski definition) is 0. The Hall–Kier alpha value is -5.60. The summed E-state index contributed by atoms with van der Waals surface area (Å²) >= 11 is 0. The first kappa shape index (κ1) is 38.8. The summed E-state index contributed by atoms with van der Waals surface area (Å²) in [4.78, 5) is 4.49. The minimum absolute atomic E-state index is 0.0973. The predicted molar refractivity (Wildman–Crippen MR) is 223 cm³/mol. The van der Waals surface area contributed by atoms with Crippen LogP contribution in [0.5, 0.6) is 0 Å². The van der Waals surface area contributed by atoms with Crippen molar-refractivity contribution in [3.05, 3.63) is 220 Å². The van der Waals surface area contributed by atoms with Crippen LogP contribution < -0.4 is 9.80 Å². The van der Waals surface area contributed by atoms with Crippen LogP contribution in [0.1, 0.15) is 44.6 Å². The molecule has 256 valence electrons. The molecule has 50 heavy (non-hydrogen) atoms. The van der Waals surface area contributed by atoms with Gasteiger partial charge in [0, 0.05) is 34.9 Å². The van der Waals surface area contributed by atoms with Crippen molar-refractivity contribution in [2.45, 2.75) is 45.1 Å². The summed E-state index contributed by atoms with van der Waals surface area (Å²) in [6.07, 6.45) is 31.2. The lowest BCUT2D eigenvalue weighted by Crippen LogP contribution is -2.32. The van der Waals surface area contributed by atoms with Crippen molar-refractivity contribution in [2.24, 2.45) is 5.92 Å². The lowest BCUT2D eigenvalue weighted by molar-refractivity contribution is 0.770. The average molecular weight is 659 g/mol. The van der Waals surface area contributed by atoms with Crippen molar-refractivity contribution in [2.75, 3.05) is 9.80 Å². The molecule has 2 heteroatoms. The molecule has 0 spiro atoms. The van der Waals surface area contributed by atoms with Gasteiger partial charge in [-0.05, 0) is 98.2 Å². The van der Waals surface area contributed by atoms with Crippen molar-refractivity contribution in [3.63, 3.8) is 0 Å². The maximum absolute atomic E-state index is 4.16. The van der Waals surface area contributed by atoms with Gasteiger partial charge in [0.1, 0.15) is 0 Å². The Kier molecular flexibility index (Phi) is 16.6. The Morgan fingerprint density at radius 2 is 1.32 bits per heavy atom. The lowest BCUT2D eigenvalue weighted by atomic mass is 9.96. The molecule has 0 aliphatic rings. The molecule has 0 aliphatic carbocycles. The first-order valence-electron chi connectivity index (χ1n) is 17.4. The molecule has 0 saturated carbocycles. The molecule has 0 aliphatic heterocycles. The normalized spacial score (nSPS) is 13.9. The van der Waals surface area contributed by atoms with E-state index in [0.717, 1.165) is 53.2 Å². The van der Waals surface area contributed by atoms with Gasteiger partial charge in [0.2, 0.25) is 0 Å². The molecule has 0 bridgehead atoms. The molecule has 3 rings (SSSR count). The Morgan fingerprint density at radius 1 is 0.680 bits per heavy atom. The van der Waals surface area contributed by atoms with Crippen LogP contribution in [0.25, 0.3) is 11.1 Å². The maximum Gasteiger partial charge on any atom is 0.0553 e. The Labute approximate surface area is 302 Å². The third-order valence-corrected chi connectivity index (χ3v) is 8.56. The van der Waals surface area contributed by atoms with Crippen LogP contribution in [0.4, 0.5) is 11.4 Å². The quantitative estimate of drug-likeness (QED) is 0.0830. The molecule has 0 fully saturated rings. The van der Waals surface area contributed by atoms with Crippen LogP contribution in [0.15, 0.2) is 215 Å². The summed E-state index contributed by atoms with van der Waals surface area (Å²) < 4.78 is 0. The van der Waals surface area contributed by atoms with Gasteiger partial charge in [0.15, 0.2) is 0 Å². The molecule has 2 nitrogen and oxygen atoms in total. The van der Waals surface area contributed by atoms with Crippen molar-refractivity contribution in [1.82, 2.24) is 0 Å². The van der Waals surface area contributed by atoms with Gasteiger partial charge >= 0.3 is 0 Å². The van der Waals surface area contributed by atoms with Gasteiger partial charge in [-0.25, -0.2) is 0 Å².